The Hall–Kier alpha value is -1.88. The lowest BCUT2D eigenvalue weighted by atomic mass is 10.1. The Morgan fingerprint density at radius 3 is 2.53 bits per heavy atom. The van der Waals surface area contributed by atoms with Gasteiger partial charge in [-0.05, 0) is 19.1 Å². The summed E-state index contributed by atoms with van der Waals surface area (Å²) in [5, 5.41) is 9.09. The summed E-state index contributed by atoms with van der Waals surface area (Å²) in [6, 6.07) is 5.57. The largest absolute Gasteiger partial charge is 0.480 e. The highest BCUT2D eigenvalue weighted by Gasteiger charge is 2.42. The molecule has 2 atom stereocenters. The number of carbonyl (C=O) groups excluding carboxylic acids is 1. The van der Waals surface area contributed by atoms with Crippen LogP contribution in [0.1, 0.15) is 12.0 Å². The van der Waals surface area contributed by atoms with Gasteiger partial charge in [-0.15, -0.1) is 0 Å². The van der Waals surface area contributed by atoms with Gasteiger partial charge in [0.15, 0.2) is 0 Å². The summed E-state index contributed by atoms with van der Waals surface area (Å²) in [4.78, 5) is 24.2. The maximum Gasteiger partial charge on any atom is 0.326 e. The van der Waals surface area contributed by atoms with Crippen LogP contribution in [0.2, 0.25) is 0 Å². The molecule has 0 bridgehead atoms. The average Bonchev–Trinajstić information content (AvgIpc) is 2.57. The van der Waals surface area contributed by atoms with E-state index in [-0.39, 0.29) is 12.3 Å². The molecule has 2 rings (SSSR count). The van der Waals surface area contributed by atoms with Crippen LogP contribution in [0.3, 0.4) is 0 Å². The fraction of sp³-hybridized carbons (Fsp3) is 0.333. The first-order chi connectivity index (χ1) is 8.00. The predicted octanol–water partition coefficient (Wildman–Crippen LogP) is 0.512. The van der Waals surface area contributed by atoms with Gasteiger partial charge in [0.1, 0.15) is 6.04 Å². The highest BCUT2D eigenvalue weighted by Crippen LogP contribution is 2.26. The molecule has 1 aliphatic heterocycles. The van der Waals surface area contributed by atoms with Crippen molar-refractivity contribution < 1.29 is 14.7 Å². The molecule has 1 aromatic carbocycles. The van der Waals surface area contributed by atoms with E-state index >= 15 is 0 Å². The zero-order valence-electron chi connectivity index (χ0n) is 9.46. The number of anilines is 1. The highest BCUT2D eigenvalue weighted by atomic mass is 16.4. The van der Waals surface area contributed by atoms with Crippen molar-refractivity contribution in [3.05, 3.63) is 29.8 Å². The molecule has 5 heteroatoms. The molecule has 1 heterocycles. The van der Waals surface area contributed by atoms with Crippen molar-refractivity contribution in [1.82, 2.24) is 0 Å². The Balaban J connectivity index is 2.37. The summed E-state index contributed by atoms with van der Waals surface area (Å²) in [6.07, 6.45) is 0.155. The van der Waals surface area contributed by atoms with Gasteiger partial charge < -0.3 is 10.8 Å². The fourth-order valence-corrected chi connectivity index (χ4v) is 2.00. The number of nitrogens with two attached hydrogens (primary N) is 1. The summed E-state index contributed by atoms with van der Waals surface area (Å²) >= 11 is 0. The van der Waals surface area contributed by atoms with Crippen LogP contribution in [0.4, 0.5) is 5.69 Å². The van der Waals surface area contributed by atoms with E-state index in [0.717, 1.165) is 5.56 Å². The lowest BCUT2D eigenvalue weighted by molar-refractivity contribution is -0.138. The number of benzene rings is 1. The topological polar surface area (TPSA) is 83.6 Å². The van der Waals surface area contributed by atoms with Gasteiger partial charge in [0, 0.05) is 12.1 Å². The third-order valence-electron chi connectivity index (χ3n) is 2.94. The van der Waals surface area contributed by atoms with Gasteiger partial charge in [-0.2, -0.15) is 0 Å². The molecule has 0 aliphatic carbocycles. The molecule has 0 aromatic heterocycles. The lowest BCUT2D eigenvalue weighted by Crippen LogP contribution is -2.40. The molecule has 1 aromatic rings. The van der Waals surface area contributed by atoms with Crippen LogP contribution in [-0.2, 0) is 9.59 Å². The lowest BCUT2D eigenvalue weighted by Gasteiger charge is -2.21. The SMILES string of the molecule is Cc1ccc(N2C(=O)[C@@H](N)C[C@H]2C(=O)O)cc1. The van der Waals surface area contributed by atoms with Crippen molar-refractivity contribution in [3.63, 3.8) is 0 Å². The molecule has 3 N–H and O–H groups in total. The van der Waals surface area contributed by atoms with Gasteiger partial charge in [-0.1, -0.05) is 17.7 Å². The number of aliphatic carboxylic acids is 1. The minimum absolute atomic E-state index is 0.155. The van der Waals surface area contributed by atoms with E-state index in [1.165, 1.54) is 4.90 Å². The van der Waals surface area contributed by atoms with E-state index in [1.807, 2.05) is 19.1 Å². The van der Waals surface area contributed by atoms with Crippen LogP contribution < -0.4 is 10.6 Å². The summed E-state index contributed by atoms with van der Waals surface area (Å²) in [6.45, 7) is 1.93. The molecule has 0 unspecified atom stereocenters. The Morgan fingerprint density at radius 2 is 2.00 bits per heavy atom. The first-order valence-corrected chi connectivity index (χ1v) is 5.39. The molecular formula is C12H14N2O3. The number of nitrogens with zero attached hydrogens (tertiary/aromatic N) is 1. The zero-order chi connectivity index (χ0) is 12.6. The maximum absolute atomic E-state index is 11.8. The first-order valence-electron chi connectivity index (χ1n) is 5.39. The number of carboxylic acids is 1. The van der Waals surface area contributed by atoms with Crippen molar-refractivity contribution in [1.29, 1.82) is 0 Å². The van der Waals surface area contributed by atoms with Crippen LogP contribution >= 0.6 is 0 Å². The average molecular weight is 234 g/mol. The number of carbonyl (C=O) groups is 2. The second kappa shape index (κ2) is 4.18. The molecule has 5 nitrogen and oxygen atoms in total. The predicted molar refractivity (Wildman–Crippen MR) is 62.7 cm³/mol. The Bertz CT molecular complexity index is 455. The molecule has 0 saturated carbocycles. The fourth-order valence-electron chi connectivity index (χ4n) is 2.00. The van der Waals surface area contributed by atoms with Crippen molar-refractivity contribution >= 4 is 17.6 Å². The number of amides is 1. The number of hydrogen-bond acceptors (Lipinski definition) is 3. The van der Waals surface area contributed by atoms with E-state index in [4.69, 9.17) is 10.8 Å². The maximum atomic E-state index is 11.8. The number of rotatable bonds is 2. The highest BCUT2D eigenvalue weighted by molar-refractivity contribution is 6.05. The van der Waals surface area contributed by atoms with E-state index in [2.05, 4.69) is 0 Å². The van der Waals surface area contributed by atoms with Crippen LogP contribution in [0.5, 0.6) is 0 Å². The van der Waals surface area contributed by atoms with Crippen LogP contribution in [0, 0.1) is 6.92 Å². The van der Waals surface area contributed by atoms with E-state index < -0.39 is 18.1 Å². The van der Waals surface area contributed by atoms with Gasteiger partial charge >= 0.3 is 5.97 Å². The second-order valence-electron chi connectivity index (χ2n) is 4.24. The van der Waals surface area contributed by atoms with Crippen molar-refractivity contribution in [2.75, 3.05) is 4.90 Å². The second-order valence-corrected chi connectivity index (χ2v) is 4.24. The van der Waals surface area contributed by atoms with Crippen LogP contribution in [0.25, 0.3) is 0 Å². The van der Waals surface area contributed by atoms with Gasteiger partial charge in [0.25, 0.3) is 0 Å². The third kappa shape index (κ3) is 2.01. The molecule has 0 spiro atoms. The molecule has 1 amide bonds. The molecule has 17 heavy (non-hydrogen) atoms. The van der Waals surface area contributed by atoms with Gasteiger partial charge in [-0.25, -0.2) is 4.79 Å². The number of aryl methyl sites for hydroxylation is 1. The standard InChI is InChI=1S/C12H14N2O3/c1-7-2-4-8(5-3-7)14-10(12(16)17)6-9(13)11(14)15/h2-5,9-10H,6,13H2,1H3,(H,16,17)/t9-,10-/m0/s1. The van der Waals surface area contributed by atoms with Crippen molar-refractivity contribution in [2.45, 2.75) is 25.4 Å². The minimum atomic E-state index is -1.02. The quantitative estimate of drug-likeness (QED) is 0.781. The normalized spacial score (nSPS) is 24.1. The molecule has 1 aliphatic rings. The summed E-state index contributed by atoms with van der Waals surface area (Å²) < 4.78 is 0. The van der Waals surface area contributed by atoms with E-state index in [0.29, 0.717) is 5.69 Å². The molecule has 1 fully saturated rings. The molecule has 0 radical (unpaired) electrons. The summed E-state index contributed by atoms with van der Waals surface area (Å²) in [5.41, 5.74) is 7.25. The minimum Gasteiger partial charge on any atom is -0.480 e. The van der Waals surface area contributed by atoms with Gasteiger partial charge in [0.2, 0.25) is 5.91 Å². The van der Waals surface area contributed by atoms with Crippen molar-refractivity contribution in [3.8, 4) is 0 Å². The monoisotopic (exact) mass is 234 g/mol. The summed E-state index contributed by atoms with van der Waals surface area (Å²) in [7, 11) is 0. The van der Waals surface area contributed by atoms with Gasteiger partial charge in [-0.3, -0.25) is 9.69 Å². The number of carboxylic acid groups (broad SMARTS) is 1. The summed E-state index contributed by atoms with van der Waals surface area (Å²) in [5.74, 6) is -1.35. The Morgan fingerprint density at radius 1 is 1.41 bits per heavy atom. The third-order valence-corrected chi connectivity index (χ3v) is 2.94. The van der Waals surface area contributed by atoms with E-state index in [9.17, 15) is 9.59 Å². The van der Waals surface area contributed by atoms with Crippen LogP contribution in [0.15, 0.2) is 24.3 Å². The molecule has 1 saturated heterocycles. The molecular weight excluding hydrogens is 220 g/mol. The van der Waals surface area contributed by atoms with Gasteiger partial charge in [0.05, 0.1) is 6.04 Å². The van der Waals surface area contributed by atoms with Crippen molar-refractivity contribution in [2.24, 2.45) is 5.73 Å². The Kier molecular flexibility index (Phi) is 2.85. The smallest absolute Gasteiger partial charge is 0.326 e. The molecule has 90 valence electrons. The Labute approximate surface area is 98.8 Å². The zero-order valence-corrected chi connectivity index (χ0v) is 9.46. The number of hydrogen-bond donors (Lipinski definition) is 2. The van der Waals surface area contributed by atoms with Crippen LogP contribution in [-0.4, -0.2) is 29.1 Å². The van der Waals surface area contributed by atoms with E-state index in [1.54, 1.807) is 12.1 Å². The first kappa shape index (κ1) is 11.6.